The molecular weight excluding hydrogens is 240 g/mol. The van der Waals surface area contributed by atoms with Gasteiger partial charge in [0, 0.05) is 29.8 Å². The fourth-order valence-electron chi connectivity index (χ4n) is 1.26. The molecule has 0 saturated carbocycles. The van der Waals surface area contributed by atoms with E-state index in [2.05, 4.69) is 59.9 Å². The molecule has 1 aromatic rings. The first kappa shape index (κ1) is 11.5. The zero-order valence-corrected chi connectivity index (χ0v) is 10.5. The smallest absolute Gasteiger partial charge is 0.0380 e. The summed E-state index contributed by atoms with van der Waals surface area (Å²) < 4.78 is 1.15. The second-order valence-corrected chi connectivity index (χ2v) is 4.48. The summed E-state index contributed by atoms with van der Waals surface area (Å²) in [7, 11) is 2.07. The van der Waals surface area contributed by atoms with E-state index in [4.69, 9.17) is 5.73 Å². The van der Waals surface area contributed by atoms with Crippen molar-refractivity contribution in [2.75, 3.05) is 18.5 Å². The highest BCUT2D eigenvalue weighted by Gasteiger charge is 2.08. The average Bonchev–Trinajstić information content (AvgIpc) is 2.20. The Morgan fingerprint density at radius 2 is 2.14 bits per heavy atom. The molecule has 0 spiro atoms. The van der Waals surface area contributed by atoms with Crippen molar-refractivity contribution in [3.8, 4) is 0 Å². The maximum atomic E-state index is 5.63. The van der Waals surface area contributed by atoms with Gasteiger partial charge in [-0.1, -0.05) is 15.9 Å². The van der Waals surface area contributed by atoms with Crippen molar-refractivity contribution >= 4 is 21.6 Å². The number of benzene rings is 1. The molecule has 0 bridgehead atoms. The van der Waals surface area contributed by atoms with Crippen molar-refractivity contribution in [2.45, 2.75) is 19.9 Å². The maximum Gasteiger partial charge on any atom is 0.0380 e. The lowest BCUT2D eigenvalue weighted by Gasteiger charge is -2.26. The van der Waals surface area contributed by atoms with Gasteiger partial charge < -0.3 is 10.6 Å². The molecule has 0 aliphatic carbocycles. The van der Waals surface area contributed by atoms with Gasteiger partial charge in [0.25, 0.3) is 0 Å². The normalized spacial score (nSPS) is 12.6. The van der Waals surface area contributed by atoms with Gasteiger partial charge in [0.1, 0.15) is 0 Å². The first-order valence-corrected chi connectivity index (χ1v) is 5.54. The summed E-state index contributed by atoms with van der Waals surface area (Å²) in [5.41, 5.74) is 8.09. The van der Waals surface area contributed by atoms with E-state index in [-0.39, 0.29) is 0 Å². The lowest BCUT2D eigenvalue weighted by molar-refractivity contribution is 0.695. The molecule has 0 radical (unpaired) electrons. The molecule has 0 aliphatic rings. The van der Waals surface area contributed by atoms with Gasteiger partial charge >= 0.3 is 0 Å². The number of nitrogens with zero attached hydrogens (tertiary/aromatic N) is 1. The fraction of sp³-hybridized carbons (Fsp3) is 0.455. The van der Waals surface area contributed by atoms with Crippen molar-refractivity contribution in [3.05, 3.63) is 28.2 Å². The number of rotatable bonds is 3. The molecule has 1 rings (SSSR count). The molecular formula is C11H17BrN2. The van der Waals surface area contributed by atoms with Gasteiger partial charge in [0.2, 0.25) is 0 Å². The quantitative estimate of drug-likeness (QED) is 0.901. The maximum absolute atomic E-state index is 5.63. The number of hydrogen-bond donors (Lipinski definition) is 1. The minimum absolute atomic E-state index is 0.371. The molecule has 2 N–H and O–H groups in total. The Kier molecular flexibility index (Phi) is 3.96. The van der Waals surface area contributed by atoms with Crippen LogP contribution < -0.4 is 10.6 Å². The van der Waals surface area contributed by atoms with E-state index in [1.807, 2.05) is 0 Å². The molecule has 78 valence electrons. The van der Waals surface area contributed by atoms with Gasteiger partial charge in [-0.15, -0.1) is 0 Å². The van der Waals surface area contributed by atoms with Gasteiger partial charge in [-0.2, -0.15) is 0 Å². The third-order valence-electron chi connectivity index (χ3n) is 2.55. The summed E-state index contributed by atoms with van der Waals surface area (Å²) in [6.45, 7) is 4.89. The van der Waals surface area contributed by atoms with Gasteiger partial charge in [0.15, 0.2) is 0 Å². The molecule has 0 fully saturated rings. The van der Waals surface area contributed by atoms with Gasteiger partial charge in [-0.25, -0.2) is 0 Å². The Balaban J connectivity index is 2.91. The zero-order chi connectivity index (χ0) is 10.7. The molecule has 3 heteroatoms. The lowest BCUT2D eigenvalue weighted by Crippen LogP contribution is -2.35. The number of likely N-dealkylation sites (N-methyl/N-ethyl adjacent to an activating group) is 1. The lowest BCUT2D eigenvalue weighted by atomic mass is 10.2. The van der Waals surface area contributed by atoms with Crippen LogP contribution in [-0.2, 0) is 0 Å². The Hall–Kier alpha value is -0.540. The van der Waals surface area contributed by atoms with E-state index in [0.29, 0.717) is 12.6 Å². The number of anilines is 1. The Morgan fingerprint density at radius 1 is 1.50 bits per heavy atom. The molecule has 0 aliphatic heterocycles. The SMILES string of the molecule is Cc1cc(N(C)C(C)CN)ccc1Br. The van der Waals surface area contributed by atoms with Gasteiger partial charge in [0.05, 0.1) is 0 Å². The molecule has 2 nitrogen and oxygen atoms in total. The predicted octanol–water partition coefficient (Wildman–Crippen LogP) is 2.54. The zero-order valence-electron chi connectivity index (χ0n) is 8.92. The highest BCUT2D eigenvalue weighted by Crippen LogP contribution is 2.23. The molecule has 1 atom stereocenters. The first-order chi connectivity index (χ1) is 6.56. The number of aryl methyl sites for hydroxylation is 1. The van der Waals surface area contributed by atoms with Crippen molar-refractivity contribution < 1.29 is 0 Å². The summed E-state index contributed by atoms with van der Waals surface area (Å²) in [5, 5.41) is 0. The van der Waals surface area contributed by atoms with Gasteiger partial charge in [-0.3, -0.25) is 0 Å². The van der Waals surface area contributed by atoms with Crippen molar-refractivity contribution in [1.82, 2.24) is 0 Å². The van der Waals surface area contributed by atoms with Crippen molar-refractivity contribution in [2.24, 2.45) is 5.73 Å². The van der Waals surface area contributed by atoms with Crippen molar-refractivity contribution in [1.29, 1.82) is 0 Å². The second kappa shape index (κ2) is 4.80. The van der Waals surface area contributed by atoms with E-state index < -0.39 is 0 Å². The molecule has 14 heavy (non-hydrogen) atoms. The summed E-state index contributed by atoms with van der Waals surface area (Å²) >= 11 is 3.49. The molecule has 0 aromatic heterocycles. The first-order valence-electron chi connectivity index (χ1n) is 4.75. The predicted molar refractivity (Wildman–Crippen MR) is 65.8 cm³/mol. The monoisotopic (exact) mass is 256 g/mol. The van der Waals surface area contributed by atoms with Crippen LogP contribution in [-0.4, -0.2) is 19.6 Å². The molecule has 1 aromatic carbocycles. The number of halogens is 1. The third-order valence-corrected chi connectivity index (χ3v) is 3.44. The summed E-state index contributed by atoms with van der Waals surface area (Å²) in [6.07, 6.45) is 0. The minimum Gasteiger partial charge on any atom is -0.371 e. The van der Waals surface area contributed by atoms with Crippen molar-refractivity contribution in [3.63, 3.8) is 0 Å². The van der Waals surface area contributed by atoms with Crippen LogP contribution in [0.4, 0.5) is 5.69 Å². The van der Waals surface area contributed by atoms with Crippen LogP contribution in [0.5, 0.6) is 0 Å². The van der Waals surface area contributed by atoms with Gasteiger partial charge in [-0.05, 0) is 37.6 Å². The molecule has 0 amide bonds. The third kappa shape index (κ3) is 2.49. The van der Waals surface area contributed by atoms with E-state index in [1.54, 1.807) is 0 Å². The Labute approximate surface area is 94.2 Å². The summed E-state index contributed by atoms with van der Waals surface area (Å²) in [5.74, 6) is 0. The van der Waals surface area contributed by atoms with Crippen LogP contribution >= 0.6 is 15.9 Å². The summed E-state index contributed by atoms with van der Waals surface area (Å²) in [6, 6.07) is 6.71. The highest BCUT2D eigenvalue weighted by molar-refractivity contribution is 9.10. The molecule has 1 unspecified atom stereocenters. The van der Waals surface area contributed by atoms with E-state index >= 15 is 0 Å². The fourth-order valence-corrected chi connectivity index (χ4v) is 1.51. The van der Waals surface area contributed by atoms with Crippen LogP contribution in [0.2, 0.25) is 0 Å². The topological polar surface area (TPSA) is 29.3 Å². The van der Waals surface area contributed by atoms with Crippen LogP contribution in [0.25, 0.3) is 0 Å². The van der Waals surface area contributed by atoms with Crippen LogP contribution in [0.3, 0.4) is 0 Å². The molecule has 0 heterocycles. The van der Waals surface area contributed by atoms with Crippen LogP contribution in [0.15, 0.2) is 22.7 Å². The standard InChI is InChI=1S/C11H17BrN2/c1-8-6-10(4-5-11(8)12)14(3)9(2)7-13/h4-6,9H,7,13H2,1-3H3. The minimum atomic E-state index is 0.371. The molecule has 0 saturated heterocycles. The van der Waals surface area contributed by atoms with E-state index in [9.17, 15) is 0 Å². The largest absolute Gasteiger partial charge is 0.371 e. The van der Waals surface area contributed by atoms with E-state index in [0.717, 1.165) is 4.47 Å². The highest BCUT2D eigenvalue weighted by atomic mass is 79.9. The second-order valence-electron chi connectivity index (χ2n) is 3.63. The Morgan fingerprint density at radius 3 is 2.64 bits per heavy atom. The van der Waals surface area contributed by atoms with E-state index in [1.165, 1.54) is 11.3 Å². The van der Waals surface area contributed by atoms with Crippen LogP contribution in [0.1, 0.15) is 12.5 Å². The van der Waals surface area contributed by atoms with Crippen LogP contribution in [0, 0.1) is 6.92 Å². The summed E-state index contributed by atoms with van der Waals surface area (Å²) in [4.78, 5) is 2.19. The number of hydrogen-bond acceptors (Lipinski definition) is 2. The Bertz CT molecular complexity index is 312. The average molecular weight is 257 g/mol. The number of nitrogens with two attached hydrogens (primary N) is 1.